The van der Waals surface area contributed by atoms with E-state index in [2.05, 4.69) is 33.0 Å². The minimum Gasteiger partial charge on any atom is -0.507 e. The quantitative estimate of drug-likeness (QED) is 0.0335. The summed E-state index contributed by atoms with van der Waals surface area (Å²) in [7, 11) is 1.34. The molecule has 4 aromatic rings. The molecular formula is C72H88N6O19. The molecule has 25 heteroatoms. The second-order valence-electron chi connectivity index (χ2n) is 26.4. The Morgan fingerprint density at radius 1 is 0.701 bits per heavy atom. The molecule has 7 atom stereocenters. The maximum absolute atomic E-state index is 14.2. The average Bonchev–Trinajstić information content (AvgIpc) is 1.30. The molecule has 4 saturated heterocycles. The molecule has 0 radical (unpaired) electrons. The Labute approximate surface area is 563 Å². The number of hydrogen-bond acceptors (Lipinski definition) is 20. The zero-order chi connectivity index (χ0) is 67.8. The lowest BCUT2D eigenvalue weighted by molar-refractivity contribution is -0.247. The van der Waals surface area contributed by atoms with E-state index >= 15 is 0 Å². The monoisotopic (exact) mass is 1340 g/mol. The summed E-state index contributed by atoms with van der Waals surface area (Å²) in [6, 6.07) is 20.2. The van der Waals surface area contributed by atoms with Crippen molar-refractivity contribution in [1.29, 1.82) is 0 Å². The normalized spacial score (nSPS) is 24.4. The minimum atomic E-state index is -2.37. The number of ether oxygens (including phenoxy) is 9. The van der Waals surface area contributed by atoms with Gasteiger partial charge < -0.3 is 83.7 Å². The van der Waals surface area contributed by atoms with E-state index in [4.69, 9.17) is 42.6 Å². The van der Waals surface area contributed by atoms with E-state index in [0.29, 0.717) is 65.8 Å². The molecule has 6 N–H and O–H groups in total. The van der Waals surface area contributed by atoms with Gasteiger partial charge in [-0.3, -0.25) is 38.5 Å². The average molecular weight is 1340 g/mol. The smallest absolute Gasteiger partial charge is 0.252 e. The number of hydrogen-bond donors (Lipinski definition) is 6. The molecule has 4 aromatic carbocycles. The van der Waals surface area contributed by atoms with Crippen LogP contribution in [0.5, 0.6) is 17.2 Å². The van der Waals surface area contributed by atoms with Crippen LogP contribution in [0.1, 0.15) is 137 Å². The lowest BCUT2D eigenvalue weighted by Gasteiger charge is -2.45. The van der Waals surface area contributed by atoms with Crippen LogP contribution < -0.4 is 25.6 Å². The first-order chi connectivity index (χ1) is 47.0. The summed E-state index contributed by atoms with van der Waals surface area (Å²) in [5.41, 5.74) is 0.349. The number of fused-ring (bicyclic) bond motifs is 8. The van der Waals surface area contributed by atoms with E-state index in [1.165, 1.54) is 25.3 Å². The standard InChI is InChI=1S/C72H88N6O19/c1-44-68-52(77-28-31-94-43-58(77)97-68)38-59(95-44)96-54-40-72(88,39-50-61(54)67(85)63-62(65(50)83)64(82)49-11-7-13-53(89-2)60(49)66(63)84)70(87)75-41-55(79)73-25-30-91-33-35-93-37-36-92-34-32-90-29-19-56(80)76-26-22-71(23-27-76)20-16-47(17-21-71)69(86)74-24-18-57(81)78-42-48-10-4-3-8-45(48)14-15-46-9-5-6-12-51(46)78/h3-15,44,47,52,54,58-59,68,83,85,88H,16-43H2,1-2H3,(H,73,79)(H,74,86)(H,75,87)/b15-14-/t44-,52-,54-,58+,59-,68+,72-/m0/s1. The van der Waals surface area contributed by atoms with E-state index in [9.17, 15) is 48.9 Å². The first kappa shape index (κ1) is 69.2. The van der Waals surface area contributed by atoms with Crippen LogP contribution in [0.25, 0.3) is 12.2 Å². The molecule has 25 nitrogen and oxygen atoms in total. The van der Waals surface area contributed by atoms with E-state index in [-0.39, 0.29) is 134 Å². The molecule has 5 heterocycles. The van der Waals surface area contributed by atoms with Crippen LogP contribution in [0.3, 0.4) is 0 Å². The highest BCUT2D eigenvalue weighted by Gasteiger charge is 2.54. The fourth-order valence-electron chi connectivity index (χ4n) is 15.2. The summed E-state index contributed by atoms with van der Waals surface area (Å²) in [6.07, 6.45) is 5.67. The zero-order valence-corrected chi connectivity index (χ0v) is 55.1. The Hall–Kier alpha value is -7.69. The number of methoxy groups -OCH3 is 1. The summed E-state index contributed by atoms with van der Waals surface area (Å²) in [4.78, 5) is 101. The van der Waals surface area contributed by atoms with Crippen molar-refractivity contribution in [3.05, 3.63) is 117 Å². The van der Waals surface area contributed by atoms with Gasteiger partial charge in [0.2, 0.25) is 29.4 Å². The number of aliphatic hydroxyl groups is 1. The first-order valence-electron chi connectivity index (χ1n) is 34.0. The van der Waals surface area contributed by atoms with Gasteiger partial charge in [-0.05, 0) is 79.7 Å². The van der Waals surface area contributed by atoms with Gasteiger partial charge in [-0.15, -0.1) is 0 Å². The van der Waals surface area contributed by atoms with Crippen LogP contribution in [0.2, 0.25) is 0 Å². The second-order valence-corrected chi connectivity index (χ2v) is 26.4. The van der Waals surface area contributed by atoms with Crippen LogP contribution in [0, 0.1) is 11.3 Å². The summed E-state index contributed by atoms with van der Waals surface area (Å²) in [5.74, 6) is -4.45. The molecule has 1 spiro atoms. The van der Waals surface area contributed by atoms with Gasteiger partial charge in [-0.1, -0.05) is 66.7 Å². The molecule has 97 heavy (non-hydrogen) atoms. The number of piperidine rings is 1. The fraction of sp³-hybridized carbons (Fsp3) is 0.542. The van der Waals surface area contributed by atoms with Gasteiger partial charge in [-0.25, -0.2) is 0 Å². The maximum atomic E-state index is 14.2. The summed E-state index contributed by atoms with van der Waals surface area (Å²) >= 11 is 0. The van der Waals surface area contributed by atoms with Gasteiger partial charge in [0.15, 0.2) is 12.1 Å². The van der Waals surface area contributed by atoms with Crippen molar-refractivity contribution >= 4 is 58.9 Å². The highest BCUT2D eigenvalue weighted by molar-refractivity contribution is 6.31. The number of phenolic OH excluding ortho intramolecular Hbond substituents is 2. The Balaban J connectivity index is 0.504. The molecule has 520 valence electrons. The molecule has 0 bridgehead atoms. The number of para-hydroxylation sites is 1. The zero-order valence-electron chi connectivity index (χ0n) is 55.1. The van der Waals surface area contributed by atoms with Gasteiger partial charge in [0.25, 0.3) is 5.91 Å². The number of phenols is 2. The fourth-order valence-corrected chi connectivity index (χ4v) is 15.2. The van der Waals surface area contributed by atoms with Crippen molar-refractivity contribution in [3.8, 4) is 17.2 Å². The van der Waals surface area contributed by atoms with Gasteiger partial charge in [0, 0.05) is 87.1 Å². The van der Waals surface area contributed by atoms with Crippen LogP contribution >= 0.6 is 0 Å². The highest BCUT2D eigenvalue weighted by atomic mass is 16.7. The minimum absolute atomic E-state index is 0.0113. The molecule has 5 fully saturated rings. The number of carbonyl (C=O) groups excluding carboxylic acids is 7. The van der Waals surface area contributed by atoms with Crippen LogP contribution in [0.15, 0.2) is 66.7 Å². The van der Waals surface area contributed by atoms with Gasteiger partial charge >= 0.3 is 0 Å². The number of morpholine rings is 1. The van der Waals surface area contributed by atoms with Gasteiger partial charge in [0.05, 0.1) is 127 Å². The number of anilines is 1. The molecule has 1 saturated carbocycles. The SMILES string of the molecule is COc1cccc2c1C(=O)c1c(O)c3c(c(O)c1C2=O)C[C@@](O)(C(=O)NCC(=O)NCCOCCOCCOCCOCCC(=O)N1CCC2(CCC(C(=O)NCCC(=O)N4Cc5ccccc5/C=C\c5ccccc54)CC2)CC1)C[C@@H]3O[C@H]1C[C@H]2[C@H](O[C@@H]3COCCN32)[C@H](C)O1. The van der Waals surface area contributed by atoms with Gasteiger partial charge in [0.1, 0.15) is 35.2 Å². The van der Waals surface area contributed by atoms with Crippen molar-refractivity contribution < 1.29 is 91.5 Å². The number of ketones is 2. The van der Waals surface area contributed by atoms with E-state index in [1.807, 2.05) is 65.3 Å². The van der Waals surface area contributed by atoms with E-state index < -0.39 is 89.5 Å². The predicted octanol–water partition coefficient (Wildman–Crippen LogP) is 4.89. The lowest BCUT2D eigenvalue weighted by atomic mass is 9.65. The highest BCUT2D eigenvalue weighted by Crippen LogP contribution is 2.53. The van der Waals surface area contributed by atoms with Crippen molar-refractivity contribution in [3.63, 3.8) is 0 Å². The molecular weight excluding hydrogens is 1250 g/mol. The van der Waals surface area contributed by atoms with Crippen molar-refractivity contribution in [2.24, 2.45) is 11.3 Å². The number of aromatic hydroxyl groups is 2. The van der Waals surface area contributed by atoms with Crippen molar-refractivity contribution in [1.82, 2.24) is 25.8 Å². The van der Waals surface area contributed by atoms with E-state index in [0.717, 1.165) is 60.9 Å². The third-order valence-electron chi connectivity index (χ3n) is 20.5. The summed E-state index contributed by atoms with van der Waals surface area (Å²) < 4.78 is 52.8. The Morgan fingerprint density at radius 2 is 1.39 bits per heavy atom. The molecule has 3 aliphatic carbocycles. The third-order valence-corrected chi connectivity index (χ3v) is 20.5. The number of likely N-dealkylation sites (tertiary alicyclic amines) is 1. The first-order valence-corrected chi connectivity index (χ1v) is 34.0. The van der Waals surface area contributed by atoms with Gasteiger partial charge in [-0.2, -0.15) is 0 Å². The van der Waals surface area contributed by atoms with Crippen molar-refractivity contribution in [2.45, 2.75) is 127 Å². The second kappa shape index (κ2) is 31.0. The number of benzene rings is 4. The van der Waals surface area contributed by atoms with Crippen LogP contribution in [-0.4, -0.2) is 215 Å². The predicted molar refractivity (Wildman–Crippen MR) is 350 cm³/mol. The molecule has 12 rings (SSSR count). The number of rotatable bonds is 25. The largest absolute Gasteiger partial charge is 0.507 e. The Morgan fingerprint density at radius 3 is 2.14 bits per heavy atom. The lowest BCUT2D eigenvalue weighted by Crippen LogP contribution is -2.55. The topological polar surface area (TPSA) is 309 Å². The summed E-state index contributed by atoms with van der Waals surface area (Å²) in [5, 5.41) is 44.6. The van der Waals surface area contributed by atoms with E-state index in [1.54, 1.807) is 0 Å². The number of nitrogens with one attached hydrogen (secondary N) is 3. The Bertz CT molecular complexity index is 3600. The summed E-state index contributed by atoms with van der Waals surface area (Å²) in [6.45, 7) is 7.22. The molecule has 5 amide bonds. The molecule has 8 aliphatic rings. The molecule has 0 unspecified atom stereocenters. The van der Waals surface area contributed by atoms with Crippen LogP contribution in [0.4, 0.5) is 5.69 Å². The number of amides is 5. The maximum Gasteiger partial charge on any atom is 0.252 e. The van der Waals surface area contributed by atoms with Crippen molar-refractivity contribution in [2.75, 3.05) is 117 Å². The number of nitrogens with zero attached hydrogens (tertiary/aromatic N) is 3. The number of carbonyl (C=O) groups is 7. The third kappa shape index (κ3) is 15.3. The molecule has 5 aliphatic heterocycles. The van der Waals surface area contributed by atoms with Crippen LogP contribution in [-0.2, 0) is 74.8 Å². The molecule has 0 aromatic heterocycles. The Kier molecular flexibility index (Phi) is 22.1.